The second-order valence-electron chi connectivity index (χ2n) is 4.86. The summed E-state index contributed by atoms with van der Waals surface area (Å²) in [7, 11) is 1.54. The highest BCUT2D eigenvalue weighted by Gasteiger charge is 2.34. The Labute approximate surface area is 117 Å². The lowest BCUT2D eigenvalue weighted by atomic mass is 10.1. The second-order valence-corrected chi connectivity index (χ2v) is 4.86. The standard InChI is InChI=1S/C14H21F3N2O/c1-4-18-8-11-5-6-13(19(3)9-10(2)20)12(7-11)14(15,16)17/h5-7,10,18,20H,4,8-9H2,1-3H3. The summed E-state index contributed by atoms with van der Waals surface area (Å²) < 4.78 is 39.4. The maximum absolute atomic E-state index is 13.1. The largest absolute Gasteiger partial charge is 0.418 e. The molecule has 0 heterocycles. The summed E-state index contributed by atoms with van der Waals surface area (Å²) >= 11 is 0. The van der Waals surface area contributed by atoms with E-state index in [0.717, 1.165) is 6.07 Å². The van der Waals surface area contributed by atoms with Crippen LogP contribution in [-0.2, 0) is 12.7 Å². The van der Waals surface area contributed by atoms with Gasteiger partial charge in [-0.1, -0.05) is 13.0 Å². The summed E-state index contributed by atoms with van der Waals surface area (Å²) in [6, 6.07) is 4.29. The first-order chi connectivity index (χ1) is 9.25. The van der Waals surface area contributed by atoms with Gasteiger partial charge < -0.3 is 15.3 Å². The van der Waals surface area contributed by atoms with Crippen LogP contribution < -0.4 is 10.2 Å². The summed E-state index contributed by atoms with van der Waals surface area (Å²) in [5.74, 6) is 0. The average molecular weight is 290 g/mol. The fraction of sp³-hybridized carbons (Fsp3) is 0.571. The number of benzene rings is 1. The van der Waals surface area contributed by atoms with Crippen LogP contribution in [0, 0.1) is 0 Å². The molecular weight excluding hydrogens is 269 g/mol. The molecule has 3 nitrogen and oxygen atoms in total. The van der Waals surface area contributed by atoms with Crippen molar-refractivity contribution in [2.24, 2.45) is 0 Å². The van der Waals surface area contributed by atoms with Gasteiger partial charge in [0.05, 0.1) is 11.7 Å². The third-order valence-electron chi connectivity index (χ3n) is 2.89. The summed E-state index contributed by atoms with van der Waals surface area (Å²) in [6.45, 7) is 4.69. The van der Waals surface area contributed by atoms with Crippen LogP contribution in [0.2, 0.25) is 0 Å². The van der Waals surface area contributed by atoms with Gasteiger partial charge in [0.25, 0.3) is 0 Å². The molecule has 1 aromatic rings. The van der Waals surface area contributed by atoms with E-state index in [1.54, 1.807) is 20.0 Å². The van der Waals surface area contributed by atoms with E-state index in [2.05, 4.69) is 5.32 Å². The van der Waals surface area contributed by atoms with Crippen molar-refractivity contribution in [3.63, 3.8) is 0 Å². The maximum atomic E-state index is 13.1. The molecule has 0 aliphatic heterocycles. The normalized spacial score (nSPS) is 13.3. The Bertz CT molecular complexity index is 433. The Kier molecular flexibility index (Phi) is 5.83. The minimum Gasteiger partial charge on any atom is -0.392 e. The van der Waals surface area contributed by atoms with Crippen LogP contribution in [-0.4, -0.2) is 31.3 Å². The number of likely N-dealkylation sites (N-methyl/N-ethyl adjacent to an activating group) is 1. The van der Waals surface area contributed by atoms with Crippen molar-refractivity contribution in [3.05, 3.63) is 29.3 Å². The highest BCUT2D eigenvalue weighted by Crippen LogP contribution is 2.37. The monoisotopic (exact) mass is 290 g/mol. The van der Waals surface area contributed by atoms with Crippen molar-refractivity contribution in [1.82, 2.24) is 5.32 Å². The molecule has 0 amide bonds. The predicted octanol–water partition coefficient (Wildman–Crippen LogP) is 2.63. The zero-order valence-corrected chi connectivity index (χ0v) is 12.0. The predicted molar refractivity (Wildman–Crippen MR) is 73.8 cm³/mol. The molecular formula is C14H21F3N2O. The Morgan fingerprint density at radius 3 is 2.50 bits per heavy atom. The van der Waals surface area contributed by atoms with Gasteiger partial charge in [0.15, 0.2) is 0 Å². The van der Waals surface area contributed by atoms with Gasteiger partial charge in [0.1, 0.15) is 0 Å². The van der Waals surface area contributed by atoms with E-state index in [9.17, 15) is 18.3 Å². The molecule has 2 N–H and O–H groups in total. The van der Waals surface area contributed by atoms with Crippen LogP contribution in [0.4, 0.5) is 18.9 Å². The van der Waals surface area contributed by atoms with Gasteiger partial charge in [-0.15, -0.1) is 0 Å². The molecule has 1 atom stereocenters. The van der Waals surface area contributed by atoms with Gasteiger partial charge in [-0.05, 0) is 31.2 Å². The Hall–Kier alpha value is -1.27. The molecule has 1 unspecified atom stereocenters. The third-order valence-corrected chi connectivity index (χ3v) is 2.89. The number of hydrogen-bond donors (Lipinski definition) is 2. The van der Waals surface area contributed by atoms with Crippen LogP contribution in [0.1, 0.15) is 25.0 Å². The lowest BCUT2D eigenvalue weighted by Gasteiger charge is -2.25. The van der Waals surface area contributed by atoms with Crippen LogP contribution in [0.15, 0.2) is 18.2 Å². The first kappa shape index (κ1) is 16.8. The molecule has 0 aliphatic rings. The molecule has 0 radical (unpaired) electrons. The van der Waals surface area contributed by atoms with Gasteiger partial charge in [-0.25, -0.2) is 0 Å². The van der Waals surface area contributed by atoms with E-state index in [1.165, 1.54) is 11.0 Å². The number of alkyl halides is 3. The van der Waals surface area contributed by atoms with Crippen molar-refractivity contribution in [1.29, 1.82) is 0 Å². The number of aliphatic hydroxyl groups is 1. The van der Waals surface area contributed by atoms with Gasteiger partial charge in [-0.2, -0.15) is 13.2 Å². The molecule has 1 aromatic carbocycles. The Morgan fingerprint density at radius 1 is 1.35 bits per heavy atom. The van der Waals surface area contributed by atoms with Crippen LogP contribution in [0.5, 0.6) is 0 Å². The van der Waals surface area contributed by atoms with Crippen molar-refractivity contribution in [2.45, 2.75) is 32.7 Å². The summed E-state index contributed by atoms with van der Waals surface area (Å²) in [5, 5.41) is 12.3. The van der Waals surface area contributed by atoms with Crippen molar-refractivity contribution in [2.75, 3.05) is 25.0 Å². The number of halogens is 3. The molecule has 114 valence electrons. The van der Waals surface area contributed by atoms with Gasteiger partial charge >= 0.3 is 6.18 Å². The fourth-order valence-electron chi connectivity index (χ4n) is 2.02. The number of rotatable bonds is 6. The summed E-state index contributed by atoms with van der Waals surface area (Å²) in [6.07, 6.45) is -5.10. The lowest BCUT2D eigenvalue weighted by Crippen LogP contribution is -2.29. The second kappa shape index (κ2) is 6.95. The van der Waals surface area contributed by atoms with E-state index in [1.807, 2.05) is 6.92 Å². The van der Waals surface area contributed by atoms with Crippen molar-refractivity contribution < 1.29 is 18.3 Å². The van der Waals surface area contributed by atoms with E-state index in [0.29, 0.717) is 18.7 Å². The zero-order chi connectivity index (χ0) is 15.3. The molecule has 0 fully saturated rings. The third kappa shape index (κ3) is 4.68. The minimum absolute atomic E-state index is 0.0821. The van der Waals surface area contributed by atoms with Crippen LogP contribution in [0.3, 0.4) is 0 Å². The number of aliphatic hydroxyl groups excluding tert-OH is 1. The van der Waals surface area contributed by atoms with Crippen molar-refractivity contribution >= 4 is 5.69 Å². The number of anilines is 1. The maximum Gasteiger partial charge on any atom is 0.418 e. The molecule has 1 rings (SSSR count). The summed E-state index contributed by atoms with van der Waals surface area (Å²) in [5.41, 5.74) is 0.00285. The van der Waals surface area contributed by atoms with E-state index in [-0.39, 0.29) is 12.2 Å². The molecule has 0 aromatic heterocycles. The molecule has 0 saturated heterocycles. The van der Waals surface area contributed by atoms with E-state index < -0.39 is 17.8 Å². The molecule has 0 spiro atoms. The quantitative estimate of drug-likeness (QED) is 0.845. The van der Waals surface area contributed by atoms with Crippen LogP contribution in [0.25, 0.3) is 0 Å². The first-order valence-corrected chi connectivity index (χ1v) is 6.55. The smallest absolute Gasteiger partial charge is 0.392 e. The minimum atomic E-state index is -4.41. The zero-order valence-electron chi connectivity index (χ0n) is 12.0. The van der Waals surface area contributed by atoms with Crippen LogP contribution >= 0.6 is 0 Å². The molecule has 0 saturated carbocycles. The molecule has 0 aliphatic carbocycles. The summed E-state index contributed by atoms with van der Waals surface area (Å²) in [4.78, 5) is 1.42. The SMILES string of the molecule is CCNCc1ccc(N(C)CC(C)O)c(C(F)(F)F)c1. The Balaban J connectivity index is 3.10. The average Bonchev–Trinajstić information content (AvgIpc) is 2.34. The van der Waals surface area contributed by atoms with E-state index in [4.69, 9.17) is 0 Å². The Morgan fingerprint density at radius 2 is 2.00 bits per heavy atom. The first-order valence-electron chi connectivity index (χ1n) is 6.55. The highest BCUT2D eigenvalue weighted by atomic mass is 19.4. The molecule has 6 heteroatoms. The fourth-order valence-corrected chi connectivity index (χ4v) is 2.02. The number of hydrogen-bond acceptors (Lipinski definition) is 3. The molecule has 20 heavy (non-hydrogen) atoms. The number of nitrogens with zero attached hydrogens (tertiary/aromatic N) is 1. The van der Waals surface area contributed by atoms with Gasteiger partial charge in [0, 0.05) is 25.8 Å². The van der Waals surface area contributed by atoms with Gasteiger partial charge in [0.2, 0.25) is 0 Å². The number of nitrogens with one attached hydrogen (secondary N) is 1. The van der Waals surface area contributed by atoms with Crippen molar-refractivity contribution in [3.8, 4) is 0 Å². The molecule has 0 bridgehead atoms. The van der Waals surface area contributed by atoms with E-state index >= 15 is 0 Å². The van der Waals surface area contributed by atoms with Gasteiger partial charge in [-0.3, -0.25) is 0 Å². The topological polar surface area (TPSA) is 35.5 Å². The lowest BCUT2D eigenvalue weighted by molar-refractivity contribution is -0.137. The highest BCUT2D eigenvalue weighted by molar-refractivity contribution is 5.56.